The van der Waals surface area contributed by atoms with E-state index < -0.39 is 11.8 Å². The van der Waals surface area contributed by atoms with Crippen molar-refractivity contribution in [2.45, 2.75) is 39.8 Å². The molecule has 5 nitrogen and oxygen atoms in total. The average Bonchev–Trinajstić information content (AvgIpc) is 2.81. The van der Waals surface area contributed by atoms with Crippen LogP contribution in [-0.2, 0) is 11.3 Å². The fourth-order valence-electron chi connectivity index (χ4n) is 4.55. The summed E-state index contributed by atoms with van der Waals surface area (Å²) in [5.41, 5.74) is 5.83. The third kappa shape index (κ3) is 4.97. The number of allylic oxidation sites excluding steroid dienone is 1. The molecule has 0 aromatic heterocycles. The first-order valence-corrected chi connectivity index (χ1v) is 11.4. The van der Waals surface area contributed by atoms with Crippen LogP contribution in [0.15, 0.2) is 60.7 Å². The molecule has 4 rings (SSSR count). The third-order valence-corrected chi connectivity index (χ3v) is 6.07. The number of hydrogen-bond acceptors (Lipinski definition) is 5. The quantitative estimate of drug-likeness (QED) is 0.320. The molecule has 6 heteroatoms. The van der Waals surface area contributed by atoms with Crippen LogP contribution in [0.5, 0.6) is 5.75 Å². The number of nitrogens with one attached hydrogen (secondary N) is 1. The monoisotopic (exact) mass is 473 g/mol. The molecule has 3 aromatic carbocycles. The van der Waals surface area contributed by atoms with Crippen molar-refractivity contribution in [1.82, 2.24) is 0 Å². The number of hydrogen-bond donors (Lipinski definition) is 1. The zero-order valence-corrected chi connectivity index (χ0v) is 20.5. The number of methoxy groups -OCH3 is 1. The smallest absolute Gasteiger partial charge is 0.338 e. The Balaban J connectivity index is 1.77. The minimum Gasteiger partial charge on any atom is -0.496 e. The van der Waals surface area contributed by atoms with E-state index >= 15 is 0 Å². The first kappa shape index (κ1) is 24.2. The van der Waals surface area contributed by atoms with Crippen molar-refractivity contribution in [3.05, 3.63) is 88.7 Å². The number of halogens is 1. The molecule has 0 bridgehead atoms. The lowest BCUT2D eigenvalue weighted by atomic mass is 9.85. The molecule has 0 amide bonds. The number of Topliss-reactive ketones (excluding diaryl/α,β-unsaturated/α-hetero) is 1. The van der Waals surface area contributed by atoms with Gasteiger partial charge in [0.05, 0.1) is 18.2 Å². The molecule has 35 heavy (non-hydrogen) atoms. The van der Waals surface area contributed by atoms with Crippen molar-refractivity contribution < 1.29 is 23.5 Å². The molecule has 0 fully saturated rings. The molecule has 0 radical (unpaired) electrons. The van der Waals surface area contributed by atoms with E-state index in [-0.39, 0.29) is 17.9 Å². The summed E-state index contributed by atoms with van der Waals surface area (Å²) in [5.74, 6) is -0.579. The van der Waals surface area contributed by atoms with Gasteiger partial charge in [-0.05, 0) is 69.2 Å². The molecule has 0 spiro atoms. The lowest BCUT2D eigenvalue weighted by molar-refractivity contribution is 0.0473. The predicted octanol–water partition coefficient (Wildman–Crippen LogP) is 6.67. The Morgan fingerprint density at radius 2 is 1.63 bits per heavy atom. The largest absolute Gasteiger partial charge is 0.496 e. The van der Waals surface area contributed by atoms with Gasteiger partial charge in [0.1, 0.15) is 18.2 Å². The maximum atomic E-state index is 13.9. The van der Waals surface area contributed by atoms with Crippen molar-refractivity contribution in [2.24, 2.45) is 0 Å². The fourth-order valence-corrected chi connectivity index (χ4v) is 4.55. The van der Waals surface area contributed by atoms with Gasteiger partial charge in [0.2, 0.25) is 0 Å². The molecule has 180 valence electrons. The summed E-state index contributed by atoms with van der Waals surface area (Å²) >= 11 is 0. The molecule has 1 aliphatic heterocycles. The van der Waals surface area contributed by atoms with E-state index in [0.717, 1.165) is 28.0 Å². The van der Waals surface area contributed by atoms with Crippen LogP contribution in [0.3, 0.4) is 0 Å². The number of carbonyl (C=O) groups excluding carboxylic acids is 2. The Morgan fingerprint density at radius 1 is 0.971 bits per heavy atom. The number of rotatable bonds is 6. The van der Waals surface area contributed by atoms with Gasteiger partial charge in [-0.25, -0.2) is 9.18 Å². The molecule has 0 saturated carbocycles. The third-order valence-electron chi connectivity index (χ3n) is 6.07. The van der Waals surface area contributed by atoms with Crippen LogP contribution in [0, 0.1) is 5.82 Å². The molecule has 1 N–H and O–H groups in total. The zero-order chi connectivity index (χ0) is 25.3. The number of fused-ring (bicyclic) bond motifs is 1. The number of ether oxygens (including phenoxy) is 2. The molecule has 3 aromatic rings. The van der Waals surface area contributed by atoms with E-state index in [4.69, 9.17) is 9.47 Å². The van der Waals surface area contributed by atoms with E-state index in [1.807, 2.05) is 19.1 Å². The van der Waals surface area contributed by atoms with E-state index in [2.05, 4.69) is 25.2 Å². The highest BCUT2D eigenvalue weighted by Gasteiger charge is 2.27. The standard InChI is InChI=1S/C29H28FNO4/c1-17-15-29(3,4)31-25-13-12-22(23-11-10-21(30)14-26(23)34-5)24(27(17)25)16-35-28(33)20-8-6-19(7-9-20)18(2)32/h6-15,31H,16H2,1-5H3. The summed E-state index contributed by atoms with van der Waals surface area (Å²) in [6.45, 7) is 7.67. The van der Waals surface area contributed by atoms with Crippen molar-refractivity contribution in [3.63, 3.8) is 0 Å². The zero-order valence-electron chi connectivity index (χ0n) is 20.5. The molecular formula is C29H28FNO4. The SMILES string of the molecule is COc1cc(F)ccc1-c1ccc2c(c1COC(=O)c1ccc(C(C)=O)cc1)C(C)=CC(C)(C)N2. The Labute approximate surface area is 204 Å². The topological polar surface area (TPSA) is 64.6 Å². The summed E-state index contributed by atoms with van der Waals surface area (Å²) < 4.78 is 25.1. The van der Waals surface area contributed by atoms with E-state index in [9.17, 15) is 14.0 Å². The molecular weight excluding hydrogens is 445 g/mol. The number of carbonyl (C=O) groups is 2. The second-order valence-electron chi connectivity index (χ2n) is 9.24. The summed E-state index contributed by atoms with van der Waals surface area (Å²) in [5, 5.41) is 3.52. The molecule has 1 aliphatic rings. The van der Waals surface area contributed by atoms with Crippen molar-refractivity contribution >= 4 is 23.0 Å². The van der Waals surface area contributed by atoms with E-state index in [0.29, 0.717) is 22.4 Å². The second-order valence-corrected chi connectivity index (χ2v) is 9.24. The van der Waals surface area contributed by atoms with E-state index in [1.165, 1.54) is 26.2 Å². The van der Waals surface area contributed by atoms with Gasteiger partial charge in [-0.1, -0.05) is 24.3 Å². The van der Waals surface area contributed by atoms with Gasteiger partial charge in [-0.2, -0.15) is 0 Å². The van der Waals surface area contributed by atoms with Gasteiger partial charge in [0, 0.05) is 34.0 Å². The van der Waals surface area contributed by atoms with Gasteiger partial charge >= 0.3 is 5.97 Å². The average molecular weight is 474 g/mol. The van der Waals surface area contributed by atoms with Crippen LogP contribution in [0.1, 0.15) is 59.5 Å². The highest BCUT2D eigenvalue weighted by atomic mass is 19.1. The molecule has 1 heterocycles. The lowest BCUT2D eigenvalue weighted by Gasteiger charge is -2.33. The normalized spacial score (nSPS) is 13.8. The molecule has 0 atom stereocenters. The van der Waals surface area contributed by atoms with Crippen LogP contribution in [0.25, 0.3) is 16.7 Å². The molecule has 0 aliphatic carbocycles. The maximum Gasteiger partial charge on any atom is 0.338 e. The number of benzene rings is 3. The molecule has 0 unspecified atom stereocenters. The van der Waals surface area contributed by atoms with Gasteiger partial charge in [0.15, 0.2) is 5.78 Å². The lowest BCUT2D eigenvalue weighted by Crippen LogP contribution is -2.32. The van der Waals surface area contributed by atoms with Crippen LogP contribution in [0.2, 0.25) is 0 Å². The summed E-state index contributed by atoms with van der Waals surface area (Å²) in [7, 11) is 1.50. The Bertz CT molecular complexity index is 1340. The van der Waals surface area contributed by atoms with Crippen LogP contribution in [0.4, 0.5) is 10.1 Å². The van der Waals surface area contributed by atoms with Crippen molar-refractivity contribution in [3.8, 4) is 16.9 Å². The van der Waals surface area contributed by atoms with Crippen LogP contribution < -0.4 is 10.1 Å². The Hall–Kier alpha value is -3.93. The highest BCUT2D eigenvalue weighted by Crippen LogP contribution is 2.42. The van der Waals surface area contributed by atoms with Gasteiger partial charge in [-0.3, -0.25) is 4.79 Å². The first-order chi connectivity index (χ1) is 16.6. The summed E-state index contributed by atoms with van der Waals surface area (Å²) in [4.78, 5) is 24.4. The number of esters is 1. The van der Waals surface area contributed by atoms with E-state index in [1.54, 1.807) is 30.3 Å². The number of ketones is 1. The highest BCUT2D eigenvalue weighted by molar-refractivity contribution is 5.96. The maximum absolute atomic E-state index is 13.9. The number of anilines is 1. The Morgan fingerprint density at radius 3 is 2.29 bits per heavy atom. The van der Waals surface area contributed by atoms with Gasteiger partial charge < -0.3 is 14.8 Å². The van der Waals surface area contributed by atoms with Crippen LogP contribution in [-0.4, -0.2) is 24.4 Å². The first-order valence-electron chi connectivity index (χ1n) is 11.4. The van der Waals surface area contributed by atoms with Crippen LogP contribution >= 0.6 is 0 Å². The van der Waals surface area contributed by atoms with Crippen molar-refractivity contribution in [1.29, 1.82) is 0 Å². The van der Waals surface area contributed by atoms with Gasteiger partial charge in [-0.15, -0.1) is 0 Å². The molecule has 0 saturated heterocycles. The summed E-state index contributed by atoms with van der Waals surface area (Å²) in [6.07, 6.45) is 2.13. The van der Waals surface area contributed by atoms with Gasteiger partial charge in [0.25, 0.3) is 0 Å². The predicted molar refractivity (Wildman–Crippen MR) is 135 cm³/mol. The van der Waals surface area contributed by atoms with Crippen molar-refractivity contribution in [2.75, 3.05) is 12.4 Å². The fraction of sp³-hybridized carbons (Fsp3) is 0.241. The second kappa shape index (κ2) is 9.37. The minimum absolute atomic E-state index is 0.000378. The minimum atomic E-state index is -0.500. The summed E-state index contributed by atoms with van der Waals surface area (Å²) in [6, 6.07) is 14.7. The Kier molecular flexibility index (Phi) is 6.48.